The van der Waals surface area contributed by atoms with Crippen molar-refractivity contribution < 1.29 is 24.0 Å². The molecule has 2 amide bonds. The van der Waals surface area contributed by atoms with E-state index in [0.29, 0.717) is 13.2 Å². The molecule has 152 valence electrons. The first-order chi connectivity index (χ1) is 14.1. The first-order valence-corrected chi connectivity index (χ1v) is 9.93. The number of nitrogens with zero attached hydrogens (tertiary/aromatic N) is 1. The number of ether oxygens (including phenoxy) is 2. The van der Waals surface area contributed by atoms with Crippen molar-refractivity contribution in [2.45, 2.75) is 19.9 Å². The van der Waals surface area contributed by atoms with Gasteiger partial charge in [0.05, 0.1) is 32.6 Å². The van der Waals surface area contributed by atoms with Crippen LogP contribution in [-0.4, -0.2) is 49.7 Å². The molecule has 2 aromatic rings. The highest BCUT2D eigenvalue weighted by Gasteiger charge is 2.24. The van der Waals surface area contributed by atoms with Crippen LogP contribution in [0.5, 0.6) is 11.5 Å². The van der Waals surface area contributed by atoms with Crippen LogP contribution in [0.3, 0.4) is 0 Å². The largest absolute Gasteiger partial charge is 0.454 e. The lowest BCUT2D eigenvalue weighted by Gasteiger charge is -2.32. The topological polar surface area (TPSA) is 72.3 Å². The molecule has 1 fully saturated rings. The van der Waals surface area contributed by atoms with Crippen molar-refractivity contribution in [1.29, 1.82) is 0 Å². The van der Waals surface area contributed by atoms with Gasteiger partial charge in [0.15, 0.2) is 11.5 Å². The van der Waals surface area contributed by atoms with Gasteiger partial charge in [-0.05, 0) is 35.9 Å². The third-order valence-electron chi connectivity index (χ3n) is 5.34. The van der Waals surface area contributed by atoms with Crippen LogP contribution in [0.2, 0.25) is 0 Å². The van der Waals surface area contributed by atoms with Gasteiger partial charge in [-0.3, -0.25) is 9.59 Å². The highest BCUT2D eigenvalue weighted by atomic mass is 16.7. The molecule has 0 bridgehead atoms. The fraction of sp³-hybridized carbons (Fsp3) is 0.364. The van der Waals surface area contributed by atoms with Crippen LogP contribution in [0.25, 0.3) is 0 Å². The van der Waals surface area contributed by atoms with Crippen LogP contribution in [0.15, 0.2) is 42.5 Å². The van der Waals surface area contributed by atoms with E-state index in [-0.39, 0.29) is 11.8 Å². The lowest BCUT2D eigenvalue weighted by molar-refractivity contribution is -0.917. The SMILES string of the molecule is CC(=O)Nc1ccc(CC(=O)N2CC[NH+](Cc3ccc4c(c3)OCO4)CC2)cc1. The predicted molar refractivity (Wildman–Crippen MR) is 108 cm³/mol. The molecule has 0 atom stereocenters. The van der Waals surface area contributed by atoms with Crippen LogP contribution in [0, 0.1) is 0 Å². The summed E-state index contributed by atoms with van der Waals surface area (Å²) in [6.07, 6.45) is 0.387. The number of amides is 2. The zero-order chi connectivity index (χ0) is 20.2. The molecule has 1 saturated heterocycles. The number of hydrogen-bond acceptors (Lipinski definition) is 4. The van der Waals surface area contributed by atoms with Crippen LogP contribution in [0.4, 0.5) is 5.69 Å². The van der Waals surface area contributed by atoms with Gasteiger partial charge in [0, 0.05) is 18.2 Å². The smallest absolute Gasteiger partial charge is 0.231 e. The molecule has 7 heteroatoms. The van der Waals surface area contributed by atoms with Gasteiger partial charge in [-0.1, -0.05) is 12.1 Å². The molecule has 0 radical (unpaired) electrons. The van der Waals surface area contributed by atoms with Crippen LogP contribution in [-0.2, 0) is 22.6 Å². The first kappa shape index (κ1) is 19.3. The van der Waals surface area contributed by atoms with Crippen molar-refractivity contribution in [3.05, 3.63) is 53.6 Å². The van der Waals surface area contributed by atoms with E-state index in [1.807, 2.05) is 35.2 Å². The molecule has 2 heterocycles. The van der Waals surface area contributed by atoms with Gasteiger partial charge in [-0.15, -0.1) is 0 Å². The average molecular weight is 396 g/mol. The van der Waals surface area contributed by atoms with E-state index >= 15 is 0 Å². The van der Waals surface area contributed by atoms with E-state index in [9.17, 15) is 9.59 Å². The Labute approximate surface area is 170 Å². The summed E-state index contributed by atoms with van der Waals surface area (Å²) in [5, 5.41) is 2.74. The summed E-state index contributed by atoms with van der Waals surface area (Å²) in [7, 11) is 0. The lowest BCUT2D eigenvalue weighted by Crippen LogP contribution is -3.13. The van der Waals surface area contributed by atoms with E-state index in [2.05, 4.69) is 17.4 Å². The molecule has 0 unspecified atom stereocenters. The van der Waals surface area contributed by atoms with Gasteiger partial charge in [0.2, 0.25) is 18.6 Å². The number of benzene rings is 2. The van der Waals surface area contributed by atoms with Gasteiger partial charge < -0.3 is 24.6 Å². The zero-order valence-electron chi connectivity index (χ0n) is 16.6. The van der Waals surface area contributed by atoms with E-state index in [4.69, 9.17) is 9.47 Å². The molecule has 0 saturated carbocycles. The number of hydrogen-bond donors (Lipinski definition) is 2. The normalized spacial score (nSPS) is 16.0. The summed E-state index contributed by atoms with van der Waals surface area (Å²) in [5.74, 6) is 1.68. The molecular formula is C22H26N3O4+. The molecule has 29 heavy (non-hydrogen) atoms. The molecule has 0 aliphatic carbocycles. The maximum atomic E-state index is 12.6. The Hall–Kier alpha value is -3.06. The molecular weight excluding hydrogens is 370 g/mol. The van der Waals surface area contributed by atoms with Crippen LogP contribution in [0.1, 0.15) is 18.1 Å². The number of quaternary nitrogens is 1. The average Bonchev–Trinajstić information content (AvgIpc) is 3.17. The summed E-state index contributed by atoms with van der Waals surface area (Å²) in [5.41, 5.74) is 2.93. The van der Waals surface area contributed by atoms with E-state index < -0.39 is 0 Å². The minimum atomic E-state index is -0.102. The summed E-state index contributed by atoms with van der Waals surface area (Å²) in [6, 6.07) is 13.6. The summed E-state index contributed by atoms with van der Waals surface area (Å²) in [6.45, 7) is 6.09. The monoisotopic (exact) mass is 396 g/mol. The zero-order valence-corrected chi connectivity index (χ0v) is 16.6. The molecule has 4 rings (SSSR count). The van der Waals surface area contributed by atoms with Crippen molar-refractivity contribution in [1.82, 2.24) is 4.90 Å². The predicted octanol–water partition coefficient (Wildman–Crippen LogP) is 0.844. The molecule has 0 spiro atoms. The van der Waals surface area contributed by atoms with Crippen molar-refractivity contribution in [3.63, 3.8) is 0 Å². The van der Waals surface area contributed by atoms with Gasteiger partial charge >= 0.3 is 0 Å². The molecule has 0 aromatic heterocycles. The summed E-state index contributed by atoms with van der Waals surface area (Å²) in [4.78, 5) is 27.1. The van der Waals surface area contributed by atoms with E-state index in [1.54, 1.807) is 0 Å². The standard InChI is InChI=1S/C22H25N3O4/c1-16(26)23-19-5-2-17(3-6-19)13-22(27)25-10-8-24(9-11-25)14-18-4-7-20-21(12-18)29-15-28-20/h2-7,12H,8-11,13-15H2,1H3,(H,23,26)/p+1. The molecule has 2 N–H and O–H groups in total. The van der Waals surface area contributed by atoms with Crippen LogP contribution < -0.4 is 19.7 Å². The van der Waals surface area contributed by atoms with Gasteiger partial charge in [-0.2, -0.15) is 0 Å². The molecule has 2 aromatic carbocycles. The maximum absolute atomic E-state index is 12.6. The second-order valence-corrected chi connectivity index (χ2v) is 7.55. The third kappa shape index (κ3) is 4.86. The van der Waals surface area contributed by atoms with Crippen molar-refractivity contribution in [2.75, 3.05) is 38.3 Å². The Morgan fingerprint density at radius 2 is 1.69 bits per heavy atom. The Morgan fingerprint density at radius 3 is 2.41 bits per heavy atom. The highest BCUT2D eigenvalue weighted by molar-refractivity contribution is 5.88. The van der Waals surface area contributed by atoms with E-state index in [1.165, 1.54) is 17.4 Å². The van der Waals surface area contributed by atoms with Crippen molar-refractivity contribution >= 4 is 17.5 Å². The quantitative estimate of drug-likeness (QED) is 0.786. The fourth-order valence-corrected chi connectivity index (χ4v) is 3.78. The Bertz CT molecular complexity index is 889. The summed E-state index contributed by atoms with van der Waals surface area (Å²) >= 11 is 0. The van der Waals surface area contributed by atoms with E-state index in [0.717, 1.165) is 55.5 Å². The number of carbonyl (C=O) groups excluding carboxylic acids is 2. The van der Waals surface area contributed by atoms with Gasteiger partial charge in [0.25, 0.3) is 0 Å². The number of nitrogens with one attached hydrogen (secondary N) is 2. The van der Waals surface area contributed by atoms with Gasteiger partial charge in [0.1, 0.15) is 6.54 Å². The molecule has 7 nitrogen and oxygen atoms in total. The highest BCUT2D eigenvalue weighted by Crippen LogP contribution is 2.32. The van der Waals surface area contributed by atoms with Gasteiger partial charge in [-0.25, -0.2) is 0 Å². The molecule has 2 aliphatic rings. The Balaban J connectivity index is 1.25. The van der Waals surface area contributed by atoms with Crippen molar-refractivity contribution in [3.8, 4) is 11.5 Å². The summed E-state index contributed by atoms with van der Waals surface area (Å²) < 4.78 is 10.8. The number of anilines is 1. The molecule has 2 aliphatic heterocycles. The maximum Gasteiger partial charge on any atom is 0.231 e. The first-order valence-electron chi connectivity index (χ1n) is 9.93. The third-order valence-corrected chi connectivity index (χ3v) is 5.34. The number of fused-ring (bicyclic) bond motifs is 1. The minimum absolute atomic E-state index is 0.102. The number of piperazine rings is 1. The second-order valence-electron chi connectivity index (χ2n) is 7.55. The Morgan fingerprint density at radius 1 is 1.00 bits per heavy atom. The van der Waals surface area contributed by atoms with Crippen molar-refractivity contribution in [2.24, 2.45) is 0 Å². The fourth-order valence-electron chi connectivity index (χ4n) is 3.78. The lowest BCUT2D eigenvalue weighted by atomic mass is 10.1. The number of rotatable bonds is 5. The second kappa shape index (κ2) is 8.53. The number of carbonyl (C=O) groups is 2. The van der Waals surface area contributed by atoms with Crippen LogP contribution >= 0.6 is 0 Å². The minimum Gasteiger partial charge on any atom is -0.454 e. The Kier molecular flexibility index (Phi) is 5.67.